The van der Waals surface area contributed by atoms with E-state index in [1.54, 1.807) is 41.7 Å². The lowest BCUT2D eigenvalue weighted by Gasteiger charge is -2.48. The highest BCUT2D eigenvalue weighted by Crippen LogP contribution is 2.43. The molecule has 0 aromatic heterocycles. The molecule has 1 amide bonds. The molecule has 14 atom stereocenters. The number of amides is 1. The van der Waals surface area contributed by atoms with Crippen molar-refractivity contribution in [1.29, 1.82) is 0 Å². The number of Topliss-reactive ketones (excluding diaryl/α,β-unsaturated/α-hetero) is 2. The van der Waals surface area contributed by atoms with E-state index in [-0.39, 0.29) is 43.3 Å². The van der Waals surface area contributed by atoms with Gasteiger partial charge in [0.2, 0.25) is 0 Å². The molecule has 4 fully saturated rings. The summed E-state index contributed by atoms with van der Waals surface area (Å²) in [6.45, 7) is 13.7. The van der Waals surface area contributed by atoms with Crippen LogP contribution in [0.5, 0.6) is 0 Å². The summed E-state index contributed by atoms with van der Waals surface area (Å²) in [6, 6.07) is -0.975. The molecule has 268 valence electrons. The highest BCUT2D eigenvalue weighted by atomic mass is 16.7. The Kier molecular flexibility index (Phi) is 11.5. The Labute approximate surface area is 278 Å². The lowest BCUT2D eigenvalue weighted by Crippen LogP contribution is -2.60. The van der Waals surface area contributed by atoms with Crippen LogP contribution in [-0.4, -0.2) is 133 Å². The second kappa shape index (κ2) is 14.4. The molecule has 47 heavy (non-hydrogen) atoms. The van der Waals surface area contributed by atoms with Crippen molar-refractivity contribution in [2.45, 2.75) is 135 Å². The largest absolute Gasteiger partial charge is 0.458 e. The molecule has 0 saturated carbocycles. The molecule has 0 aliphatic carbocycles. The van der Waals surface area contributed by atoms with Crippen molar-refractivity contribution < 1.29 is 52.7 Å². The molecule has 4 rings (SSSR count). The molecule has 0 radical (unpaired) electrons. The van der Waals surface area contributed by atoms with Gasteiger partial charge in [-0.1, -0.05) is 27.7 Å². The van der Waals surface area contributed by atoms with Gasteiger partial charge in [-0.2, -0.15) is 0 Å². The van der Waals surface area contributed by atoms with Crippen molar-refractivity contribution in [1.82, 2.24) is 9.80 Å². The van der Waals surface area contributed by atoms with E-state index in [4.69, 9.17) is 28.4 Å². The number of rotatable bonds is 4. The van der Waals surface area contributed by atoms with Crippen molar-refractivity contribution in [2.75, 3.05) is 34.4 Å². The van der Waals surface area contributed by atoms with Gasteiger partial charge in [0.25, 0.3) is 0 Å². The van der Waals surface area contributed by atoms with Gasteiger partial charge in [-0.15, -0.1) is 0 Å². The van der Waals surface area contributed by atoms with E-state index >= 15 is 0 Å². The fraction of sp³-hybridized carbons (Fsp3) is 0.882. The number of likely N-dealkylation sites (N-methyl/N-ethyl adjacent to an activating group) is 2. The molecule has 4 aliphatic heterocycles. The van der Waals surface area contributed by atoms with Crippen LogP contribution in [0.3, 0.4) is 0 Å². The van der Waals surface area contributed by atoms with Gasteiger partial charge < -0.3 is 43.3 Å². The van der Waals surface area contributed by atoms with Gasteiger partial charge in [0.05, 0.1) is 35.9 Å². The molecule has 0 spiro atoms. The van der Waals surface area contributed by atoms with Crippen LogP contribution < -0.4 is 0 Å². The third-order valence-electron chi connectivity index (χ3n) is 11.0. The van der Waals surface area contributed by atoms with Crippen LogP contribution in [0.1, 0.15) is 74.7 Å². The molecule has 0 aromatic carbocycles. The van der Waals surface area contributed by atoms with Gasteiger partial charge in [0, 0.05) is 30.8 Å². The molecule has 0 aromatic rings. The number of cyclic esters (lactones) is 1. The molecular weight excluding hydrogens is 612 g/mol. The number of esters is 1. The van der Waals surface area contributed by atoms with Crippen molar-refractivity contribution in [3.05, 3.63) is 0 Å². The maximum Gasteiger partial charge on any atom is 0.410 e. The molecule has 13 nitrogen and oxygen atoms in total. The van der Waals surface area contributed by atoms with Gasteiger partial charge in [-0.25, -0.2) is 4.79 Å². The molecular formula is C34H56N2O11. The molecule has 4 saturated heterocycles. The van der Waals surface area contributed by atoms with Crippen molar-refractivity contribution in [2.24, 2.45) is 23.7 Å². The summed E-state index contributed by atoms with van der Waals surface area (Å²) in [5.74, 6) is -3.91. The normalized spacial score (nSPS) is 45.9. The average molecular weight is 669 g/mol. The Morgan fingerprint density at radius 1 is 1.02 bits per heavy atom. The summed E-state index contributed by atoms with van der Waals surface area (Å²) in [5, 5.41) is 11.4. The molecule has 13 heteroatoms. The predicted molar refractivity (Wildman–Crippen MR) is 169 cm³/mol. The van der Waals surface area contributed by atoms with Crippen LogP contribution in [0.15, 0.2) is 0 Å². The number of carbonyl (C=O) groups is 4. The lowest BCUT2D eigenvalue weighted by molar-refractivity contribution is -0.302. The Bertz CT molecular complexity index is 1180. The summed E-state index contributed by atoms with van der Waals surface area (Å²) in [5.41, 5.74) is -2.58. The minimum Gasteiger partial charge on any atom is -0.458 e. The number of hydrogen-bond acceptors (Lipinski definition) is 12. The molecule has 4 aliphatic rings. The number of nitrogens with zero attached hydrogens (tertiary/aromatic N) is 2. The summed E-state index contributed by atoms with van der Waals surface area (Å²) >= 11 is 0. The number of fused-ring (bicyclic) bond motifs is 4. The summed E-state index contributed by atoms with van der Waals surface area (Å²) in [7, 11) is 5.35. The summed E-state index contributed by atoms with van der Waals surface area (Å²) < 4.78 is 37.5. The third-order valence-corrected chi connectivity index (χ3v) is 11.0. The van der Waals surface area contributed by atoms with E-state index in [0.29, 0.717) is 12.8 Å². The monoisotopic (exact) mass is 668 g/mol. The van der Waals surface area contributed by atoms with Gasteiger partial charge in [-0.05, 0) is 61.1 Å². The van der Waals surface area contributed by atoms with Crippen LogP contribution in [0.25, 0.3) is 0 Å². The Morgan fingerprint density at radius 3 is 2.30 bits per heavy atom. The van der Waals surface area contributed by atoms with E-state index in [9.17, 15) is 24.3 Å². The second-order valence-corrected chi connectivity index (χ2v) is 14.9. The summed E-state index contributed by atoms with van der Waals surface area (Å²) in [6.07, 6.45) is -4.52. The van der Waals surface area contributed by atoms with E-state index in [1.807, 2.05) is 39.8 Å². The lowest BCUT2D eigenvalue weighted by atomic mass is 9.73. The van der Waals surface area contributed by atoms with Crippen LogP contribution >= 0.6 is 0 Å². The fourth-order valence-electron chi connectivity index (χ4n) is 8.49. The number of carbonyl (C=O) groups excluding carboxylic acids is 4. The van der Waals surface area contributed by atoms with Crippen molar-refractivity contribution in [3.8, 4) is 0 Å². The zero-order valence-corrected chi connectivity index (χ0v) is 29.9. The van der Waals surface area contributed by atoms with Gasteiger partial charge >= 0.3 is 12.1 Å². The predicted octanol–water partition coefficient (Wildman–Crippen LogP) is 2.59. The highest BCUT2D eigenvalue weighted by Gasteiger charge is 2.60. The van der Waals surface area contributed by atoms with E-state index in [2.05, 4.69) is 0 Å². The van der Waals surface area contributed by atoms with E-state index in [0.717, 1.165) is 0 Å². The zero-order chi connectivity index (χ0) is 35.2. The molecule has 1 N–H and O–H groups in total. The minimum atomic E-state index is -1.31. The number of ether oxygens (including phenoxy) is 6. The van der Waals surface area contributed by atoms with Crippen LogP contribution in [0.2, 0.25) is 0 Å². The first kappa shape index (κ1) is 37.7. The Balaban J connectivity index is 1.85. The van der Waals surface area contributed by atoms with Crippen LogP contribution in [-0.2, 0) is 42.8 Å². The number of ketones is 2. The molecule has 0 unspecified atom stereocenters. The van der Waals surface area contributed by atoms with Crippen LogP contribution in [0, 0.1) is 23.7 Å². The number of aliphatic hydroxyl groups excluding tert-OH is 1. The van der Waals surface area contributed by atoms with Crippen molar-refractivity contribution in [3.63, 3.8) is 0 Å². The zero-order valence-electron chi connectivity index (χ0n) is 29.9. The second-order valence-electron chi connectivity index (χ2n) is 14.9. The van der Waals surface area contributed by atoms with E-state index < -0.39 is 83.7 Å². The fourth-order valence-corrected chi connectivity index (χ4v) is 8.49. The Morgan fingerprint density at radius 2 is 1.68 bits per heavy atom. The third kappa shape index (κ3) is 7.26. The number of aliphatic hydroxyl groups is 1. The standard InChI is InChI=1S/C34H56N2O11/c1-12-24-34(8)28(36(11)32(41)47-34)19(4)25(38)17(2)14-33(7)29(46-31-26(39)23(35(9)10)13-18(3)44-31)20(5)27(21(6)30(40)45-24)42-15-22(37)16-43-33/h17-21,23-24,26-29,31,39H,12-16H2,1-11H3/t17-,18-,19+,20+,21-,23+,24-,26-,27-,28-,29-,31+,33+,34-/m1/s1. The molecule has 4 heterocycles. The SMILES string of the molecule is CC[C@H]1OC(=O)[C@H](C)[C@@H]2OCC(=O)CO[C@@](C)(C[C@@H](C)C(=O)[C@H](C)[C@H]3N(C)C(=O)O[C@]13C)[C@H](O[C@@H]1O[C@H](C)C[C@H](N(C)C)[C@H]1O)[C@H]2C. The maximum atomic E-state index is 14.3. The Hall–Kier alpha value is -2.16. The topological polar surface area (TPSA) is 150 Å². The summed E-state index contributed by atoms with van der Waals surface area (Å²) in [4.78, 5) is 57.6. The van der Waals surface area contributed by atoms with Gasteiger partial charge in [0.1, 0.15) is 31.2 Å². The first-order chi connectivity index (χ1) is 21.9. The maximum absolute atomic E-state index is 14.3. The smallest absolute Gasteiger partial charge is 0.410 e. The van der Waals surface area contributed by atoms with E-state index in [1.165, 1.54) is 4.90 Å². The minimum absolute atomic E-state index is 0.138. The quantitative estimate of drug-likeness (QED) is 0.439. The average Bonchev–Trinajstić information content (AvgIpc) is 3.25. The molecule has 2 bridgehead atoms. The van der Waals surface area contributed by atoms with Crippen LogP contribution in [0.4, 0.5) is 4.79 Å². The highest BCUT2D eigenvalue weighted by molar-refractivity contribution is 5.85. The first-order valence-corrected chi connectivity index (χ1v) is 17.0. The van der Waals surface area contributed by atoms with Gasteiger partial charge in [-0.3, -0.25) is 14.4 Å². The van der Waals surface area contributed by atoms with Gasteiger partial charge in [0.15, 0.2) is 17.7 Å². The van der Waals surface area contributed by atoms with Crippen molar-refractivity contribution >= 4 is 23.6 Å². The first-order valence-electron chi connectivity index (χ1n) is 17.0. The number of hydrogen-bond donors (Lipinski definition) is 1.